The van der Waals surface area contributed by atoms with E-state index in [9.17, 15) is 24.0 Å². The summed E-state index contributed by atoms with van der Waals surface area (Å²) in [7, 11) is 0. The van der Waals surface area contributed by atoms with Crippen molar-refractivity contribution in [3.8, 4) is 0 Å². The maximum atomic E-state index is 12.0. The second kappa shape index (κ2) is 6.07. The molecule has 0 aromatic heterocycles. The van der Waals surface area contributed by atoms with E-state index in [0.29, 0.717) is 10.6 Å². The third-order valence-corrected chi connectivity index (χ3v) is 3.58. The lowest BCUT2D eigenvalue weighted by Crippen LogP contribution is -2.33. The summed E-state index contributed by atoms with van der Waals surface area (Å²) in [6, 6.07) is 6.34. The zero-order valence-corrected chi connectivity index (χ0v) is 12.4. The molecule has 122 valence electrons. The first kappa shape index (κ1) is 15.6. The molecule has 3 rings (SSSR count). The Morgan fingerprint density at radius 3 is 2.17 bits per heavy atom. The monoisotopic (exact) mass is 328 g/mol. The highest BCUT2D eigenvalue weighted by atomic mass is 16.7. The molecule has 0 N–H and O–H groups in total. The SMILES string of the molecule is O=C(Cc1ccccc1N1C(=O)C=CC1=O)ON1C(=O)CCC1=O. The first-order valence-electron chi connectivity index (χ1n) is 7.18. The van der Waals surface area contributed by atoms with E-state index in [1.54, 1.807) is 18.2 Å². The van der Waals surface area contributed by atoms with E-state index < -0.39 is 29.6 Å². The fourth-order valence-electron chi connectivity index (χ4n) is 2.46. The standard InChI is InChI=1S/C16H12N2O6/c19-12-5-6-13(20)17(12)11-4-2-1-3-10(11)9-16(23)24-18-14(21)7-8-15(18)22/h1-6H,7-9H2. The molecule has 0 unspecified atom stereocenters. The summed E-state index contributed by atoms with van der Waals surface area (Å²) in [6.07, 6.45) is 1.98. The topological polar surface area (TPSA) is 101 Å². The lowest BCUT2D eigenvalue weighted by molar-refractivity contribution is -0.197. The van der Waals surface area contributed by atoms with Crippen molar-refractivity contribution in [3.63, 3.8) is 0 Å². The molecule has 1 aromatic rings. The number of carbonyl (C=O) groups is 5. The van der Waals surface area contributed by atoms with Crippen molar-refractivity contribution in [1.29, 1.82) is 0 Å². The smallest absolute Gasteiger partial charge is 0.330 e. The minimum Gasteiger partial charge on any atom is -0.330 e. The van der Waals surface area contributed by atoms with Crippen molar-refractivity contribution in [1.82, 2.24) is 5.06 Å². The molecule has 0 radical (unpaired) electrons. The lowest BCUT2D eigenvalue weighted by atomic mass is 10.1. The summed E-state index contributed by atoms with van der Waals surface area (Å²) >= 11 is 0. The summed E-state index contributed by atoms with van der Waals surface area (Å²) < 4.78 is 0. The first-order chi connectivity index (χ1) is 11.5. The van der Waals surface area contributed by atoms with Crippen molar-refractivity contribution in [2.45, 2.75) is 19.3 Å². The summed E-state index contributed by atoms with van der Waals surface area (Å²) in [5.41, 5.74) is 0.625. The van der Waals surface area contributed by atoms with Gasteiger partial charge in [0.05, 0.1) is 12.1 Å². The molecular weight excluding hydrogens is 316 g/mol. The summed E-state index contributed by atoms with van der Waals surface area (Å²) in [5, 5.41) is 0.457. The molecule has 8 nitrogen and oxygen atoms in total. The number of benzene rings is 1. The van der Waals surface area contributed by atoms with Gasteiger partial charge in [0.1, 0.15) is 0 Å². The molecule has 1 fully saturated rings. The molecule has 24 heavy (non-hydrogen) atoms. The fourth-order valence-corrected chi connectivity index (χ4v) is 2.46. The first-order valence-corrected chi connectivity index (χ1v) is 7.18. The molecule has 8 heteroatoms. The van der Waals surface area contributed by atoms with Crippen LogP contribution in [0.5, 0.6) is 0 Å². The van der Waals surface area contributed by atoms with E-state index in [0.717, 1.165) is 17.1 Å². The van der Waals surface area contributed by atoms with Crippen molar-refractivity contribution in [2.24, 2.45) is 0 Å². The van der Waals surface area contributed by atoms with E-state index in [4.69, 9.17) is 4.84 Å². The van der Waals surface area contributed by atoms with Crippen LogP contribution in [0.25, 0.3) is 0 Å². The fraction of sp³-hybridized carbons (Fsp3) is 0.188. The van der Waals surface area contributed by atoms with Gasteiger partial charge in [-0.15, -0.1) is 5.06 Å². The second-order valence-electron chi connectivity index (χ2n) is 5.20. The number of rotatable bonds is 4. The number of para-hydroxylation sites is 1. The Morgan fingerprint density at radius 2 is 1.54 bits per heavy atom. The zero-order valence-electron chi connectivity index (χ0n) is 12.4. The highest BCUT2D eigenvalue weighted by Crippen LogP contribution is 2.24. The molecule has 4 amide bonds. The maximum Gasteiger partial charge on any atom is 0.337 e. The van der Waals surface area contributed by atoms with Crippen molar-refractivity contribution in [2.75, 3.05) is 4.90 Å². The number of anilines is 1. The molecule has 0 bridgehead atoms. The zero-order chi connectivity index (χ0) is 17.3. The number of carbonyl (C=O) groups excluding carboxylic acids is 5. The highest BCUT2D eigenvalue weighted by molar-refractivity contribution is 6.28. The normalized spacial score (nSPS) is 17.2. The Labute approximate surface area is 136 Å². The molecule has 0 aliphatic carbocycles. The van der Waals surface area contributed by atoms with Crippen molar-refractivity contribution in [3.05, 3.63) is 42.0 Å². The van der Waals surface area contributed by atoms with Gasteiger partial charge in [-0.25, -0.2) is 9.69 Å². The largest absolute Gasteiger partial charge is 0.337 e. The van der Waals surface area contributed by atoms with Gasteiger partial charge < -0.3 is 4.84 Å². The van der Waals surface area contributed by atoms with Gasteiger partial charge in [-0.3, -0.25) is 19.2 Å². The molecule has 2 aliphatic rings. The van der Waals surface area contributed by atoms with Crippen molar-refractivity contribution < 1.29 is 28.8 Å². The molecule has 0 spiro atoms. The molecule has 1 saturated heterocycles. The van der Waals surface area contributed by atoms with Gasteiger partial charge in [0, 0.05) is 25.0 Å². The van der Waals surface area contributed by atoms with Crippen LogP contribution in [0.15, 0.2) is 36.4 Å². The Hall–Kier alpha value is -3.29. The molecule has 2 aliphatic heterocycles. The predicted molar refractivity (Wildman–Crippen MR) is 79.0 cm³/mol. The van der Waals surface area contributed by atoms with Crippen LogP contribution >= 0.6 is 0 Å². The number of hydroxylamine groups is 2. The minimum absolute atomic E-state index is 0.00511. The van der Waals surface area contributed by atoms with Crippen LogP contribution in [0.4, 0.5) is 5.69 Å². The van der Waals surface area contributed by atoms with Gasteiger partial charge in [-0.1, -0.05) is 18.2 Å². The van der Waals surface area contributed by atoms with E-state index in [-0.39, 0.29) is 24.9 Å². The van der Waals surface area contributed by atoms with E-state index in [1.165, 1.54) is 6.07 Å². The summed E-state index contributed by atoms with van der Waals surface area (Å²) in [6.45, 7) is 0. The van der Waals surface area contributed by atoms with Gasteiger partial charge in [0.25, 0.3) is 23.6 Å². The maximum absolute atomic E-state index is 12.0. The predicted octanol–water partition coefficient (Wildman–Crippen LogP) is 0.266. The molecule has 0 saturated carbocycles. The third kappa shape index (κ3) is 2.81. The summed E-state index contributed by atoms with van der Waals surface area (Å²) in [4.78, 5) is 64.3. The number of nitrogens with zero attached hydrogens (tertiary/aromatic N) is 2. The quantitative estimate of drug-likeness (QED) is 0.735. The lowest BCUT2D eigenvalue weighted by Gasteiger charge is -2.18. The Bertz CT molecular complexity index is 764. The highest BCUT2D eigenvalue weighted by Gasteiger charge is 2.33. The average Bonchev–Trinajstić information content (AvgIpc) is 3.04. The van der Waals surface area contributed by atoms with Gasteiger partial charge >= 0.3 is 5.97 Å². The van der Waals surface area contributed by atoms with Crippen LogP contribution in [-0.4, -0.2) is 34.7 Å². The molecule has 2 heterocycles. The molecule has 0 atom stereocenters. The van der Waals surface area contributed by atoms with Crippen LogP contribution in [0.1, 0.15) is 18.4 Å². The number of hydrogen-bond acceptors (Lipinski definition) is 6. The van der Waals surface area contributed by atoms with Crippen LogP contribution in [0.3, 0.4) is 0 Å². The summed E-state index contributed by atoms with van der Waals surface area (Å²) in [5.74, 6) is -3.00. The van der Waals surface area contributed by atoms with E-state index in [2.05, 4.69) is 0 Å². The average molecular weight is 328 g/mol. The van der Waals surface area contributed by atoms with Gasteiger partial charge in [0.2, 0.25) is 0 Å². The molecular formula is C16H12N2O6. The van der Waals surface area contributed by atoms with Crippen LogP contribution in [0.2, 0.25) is 0 Å². The van der Waals surface area contributed by atoms with E-state index >= 15 is 0 Å². The Kier molecular flexibility index (Phi) is 3.95. The van der Waals surface area contributed by atoms with Gasteiger partial charge in [0.15, 0.2) is 0 Å². The number of hydrogen-bond donors (Lipinski definition) is 0. The number of amides is 4. The third-order valence-electron chi connectivity index (χ3n) is 3.58. The van der Waals surface area contributed by atoms with Crippen molar-refractivity contribution >= 4 is 35.3 Å². The van der Waals surface area contributed by atoms with Crippen LogP contribution in [-0.2, 0) is 35.2 Å². The Morgan fingerprint density at radius 1 is 0.958 bits per heavy atom. The number of imide groups is 2. The minimum atomic E-state index is -0.835. The van der Waals surface area contributed by atoms with Gasteiger partial charge in [-0.05, 0) is 11.6 Å². The van der Waals surface area contributed by atoms with Gasteiger partial charge in [-0.2, -0.15) is 0 Å². The second-order valence-corrected chi connectivity index (χ2v) is 5.20. The Balaban J connectivity index is 1.77. The van der Waals surface area contributed by atoms with Crippen LogP contribution in [0, 0.1) is 0 Å². The molecule has 1 aromatic carbocycles. The van der Waals surface area contributed by atoms with Crippen LogP contribution < -0.4 is 4.90 Å². The van der Waals surface area contributed by atoms with E-state index in [1.807, 2.05) is 0 Å².